The third-order valence-corrected chi connectivity index (χ3v) is 5.42. The number of esters is 1. The zero-order valence-electron chi connectivity index (χ0n) is 18.1. The number of fused-ring (bicyclic) bond motifs is 1. The average Bonchev–Trinajstić information content (AvgIpc) is 2.95. The van der Waals surface area contributed by atoms with E-state index in [0.29, 0.717) is 17.0 Å². The molecule has 2 N–H and O–H groups in total. The molecule has 1 atom stereocenters. The third kappa shape index (κ3) is 4.75. The van der Waals surface area contributed by atoms with E-state index < -0.39 is 12.1 Å². The van der Waals surface area contributed by atoms with Gasteiger partial charge in [-0.2, -0.15) is 0 Å². The lowest BCUT2D eigenvalue weighted by Gasteiger charge is -2.22. The van der Waals surface area contributed by atoms with E-state index in [4.69, 9.17) is 21.9 Å². The fourth-order valence-corrected chi connectivity index (χ4v) is 3.81. The fourth-order valence-electron chi connectivity index (χ4n) is 3.58. The molecule has 1 amide bonds. The molecule has 0 fully saturated rings. The highest BCUT2D eigenvalue weighted by molar-refractivity contribution is 7.80. The summed E-state index contributed by atoms with van der Waals surface area (Å²) in [5.74, 6) is -0.700. The average molecular weight is 459 g/mol. The summed E-state index contributed by atoms with van der Waals surface area (Å²) in [5, 5.41) is 6.22. The van der Waals surface area contributed by atoms with E-state index in [-0.39, 0.29) is 11.0 Å². The number of aliphatic imine (C=N–C) groups is 1. The first-order valence-electron chi connectivity index (χ1n) is 10.2. The van der Waals surface area contributed by atoms with Gasteiger partial charge in [0.1, 0.15) is 0 Å². The molecule has 0 aliphatic carbocycles. The predicted molar refractivity (Wildman–Crippen MR) is 133 cm³/mol. The van der Waals surface area contributed by atoms with Gasteiger partial charge in [0.25, 0.3) is 5.91 Å². The Kier molecular flexibility index (Phi) is 6.46. The standard InChI is InChI=1S/C25H22N4O3S/c1-29-20-14-7-6-13-19(20)21(16-9-4-3-5-10-16)27-22(23(29)30)28-25(33)26-18-12-8-11-17(15-18)24(31)32-2/h3-15,22H,1-2H3,(H2,26,28,33). The lowest BCUT2D eigenvalue weighted by molar-refractivity contribution is -0.119. The van der Waals surface area contributed by atoms with Crippen LogP contribution >= 0.6 is 12.2 Å². The predicted octanol–water partition coefficient (Wildman–Crippen LogP) is 3.60. The zero-order chi connectivity index (χ0) is 23.4. The van der Waals surface area contributed by atoms with E-state index >= 15 is 0 Å². The van der Waals surface area contributed by atoms with Crippen molar-refractivity contribution in [1.82, 2.24) is 5.32 Å². The van der Waals surface area contributed by atoms with Crippen molar-refractivity contribution < 1.29 is 14.3 Å². The molecule has 1 aliphatic rings. The van der Waals surface area contributed by atoms with Gasteiger partial charge in [-0.15, -0.1) is 0 Å². The summed E-state index contributed by atoms with van der Waals surface area (Å²) in [6, 6.07) is 24.1. The van der Waals surface area contributed by atoms with Gasteiger partial charge in [0, 0.05) is 23.9 Å². The Morgan fingerprint density at radius 3 is 2.52 bits per heavy atom. The summed E-state index contributed by atoms with van der Waals surface area (Å²) < 4.78 is 4.76. The SMILES string of the molecule is COC(=O)c1cccc(NC(=S)NC2N=C(c3ccccc3)c3ccccc3N(C)C2=O)c1. The van der Waals surface area contributed by atoms with Crippen molar-refractivity contribution in [1.29, 1.82) is 0 Å². The van der Waals surface area contributed by atoms with E-state index in [9.17, 15) is 9.59 Å². The minimum atomic E-state index is -0.943. The smallest absolute Gasteiger partial charge is 0.337 e. The highest BCUT2D eigenvalue weighted by Crippen LogP contribution is 2.27. The number of nitrogens with zero attached hydrogens (tertiary/aromatic N) is 2. The Morgan fingerprint density at radius 2 is 1.76 bits per heavy atom. The molecule has 0 spiro atoms. The minimum absolute atomic E-state index is 0.200. The molecule has 3 aromatic rings. The number of nitrogens with one attached hydrogen (secondary N) is 2. The summed E-state index contributed by atoms with van der Waals surface area (Å²) in [6.07, 6.45) is -0.943. The molecular formula is C25H22N4O3S. The number of ether oxygens (including phenoxy) is 1. The van der Waals surface area contributed by atoms with Crippen LogP contribution in [0.2, 0.25) is 0 Å². The molecule has 33 heavy (non-hydrogen) atoms. The molecule has 166 valence electrons. The van der Waals surface area contributed by atoms with Crippen LogP contribution in [0.4, 0.5) is 11.4 Å². The molecule has 1 unspecified atom stereocenters. The molecule has 4 rings (SSSR count). The van der Waals surface area contributed by atoms with E-state index in [0.717, 1.165) is 16.8 Å². The van der Waals surface area contributed by atoms with Gasteiger partial charge in [0.15, 0.2) is 5.11 Å². The van der Waals surface area contributed by atoms with Crippen molar-refractivity contribution in [2.24, 2.45) is 4.99 Å². The topological polar surface area (TPSA) is 83.0 Å². The van der Waals surface area contributed by atoms with Crippen LogP contribution in [0, 0.1) is 0 Å². The van der Waals surface area contributed by atoms with Crippen LogP contribution < -0.4 is 15.5 Å². The second-order valence-corrected chi connectivity index (χ2v) is 7.74. The molecule has 7 nitrogen and oxygen atoms in total. The Hall–Kier alpha value is -4.04. The van der Waals surface area contributed by atoms with Gasteiger partial charge in [-0.05, 0) is 36.5 Å². The van der Waals surface area contributed by atoms with Crippen LogP contribution in [0.3, 0.4) is 0 Å². The van der Waals surface area contributed by atoms with E-state index in [1.807, 2.05) is 54.6 Å². The van der Waals surface area contributed by atoms with Crippen molar-refractivity contribution in [3.8, 4) is 0 Å². The van der Waals surface area contributed by atoms with Gasteiger partial charge in [-0.3, -0.25) is 4.79 Å². The quantitative estimate of drug-likeness (QED) is 0.459. The molecule has 1 heterocycles. The molecule has 0 saturated heterocycles. The summed E-state index contributed by atoms with van der Waals surface area (Å²) >= 11 is 5.45. The van der Waals surface area contributed by atoms with Gasteiger partial charge >= 0.3 is 5.97 Å². The van der Waals surface area contributed by atoms with Crippen molar-refractivity contribution in [3.63, 3.8) is 0 Å². The van der Waals surface area contributed by atoms with E-state index in [1.165, 1.54) is 7.11 Å². The Morgan fingerprint density at radius 1 is 1.03 bits per heavy atom. The van der Waals surface area contributed by atoms with Crippen molar-refractivity contribution in [2.45, 2.75) is 6.17 Å². The second kappa shape index (κ2) is 9.62. The number of rotatable bonds is 4. The van der Waals surface area contributed by atoms with Crippen LogP contribution in [0.5, 0.6) is 0 Å². The van der Waals surface area contributed by atoms with Gasteiger partial charge in [-0.1, -0.05) is 54.6 Å². The number of hydrogen-bond donors (Lipinski definition) is 2. The summed E-state index contributed by atoms with van der Waals surface area (Å²) in [7, 11) is 3.04. The highest BCUT2D eigenvalue weighted by atomic mass is 32.1. The van der Waals surface area contributed by atoms with Crippen molar-refractivity contribution in [3.05, 3.63) is 95.6 Å². The molecule has 0 aromatic heterocycles. The first-order valence-corrected chi connectivity index (χ1v) is 10.6. The molecule has 0 saturated carbocycles. The lowest BCUT2D eigenvalue weighted by Crippen LogP contribution is -2.47. The maximum absolute atomic E-state index is 13.3. The van der Waals surface area contributed by atoms with Crippen LogP contribution in [-0.2, 0) is 9.53 Å². The van der Waals surface area contributed by atoms with Gasteiger partial charge in [-0.25, -0.2) is 9.79 Å². The molecule has 1 aliphatic heterocycles. The fraction of sp³-hybridized carbons (Fsp3) is 0.120. The number of thiocarbonyl (C=S) groups is 1. The first-order chi connectivity index (χ1) is 16.0. The largest absolute Gasteiger partial charge is 0.465 e. The Balaban J connectivity index is 1.64. The maximum atomic E-state index is 13.3. The normalized spacial score (nSPS) is 15.1. The number of carbonyl (C=O) groups excluding carboxylic acids is 2. The van der Waals surface area contributed by atoms with Gasteiger partial charge in [0.2, 0.25) is 6.17 Å². The Labute approximate surface area is 197 Å². The summed E-state index contributed by atoms with van der Waals surface area (Å²) in [4.78, 5) is 31.4. The van der Waals surface area contributed by atoms with Gasteiger partial charge < -0.3 is 20.3 Å². The van der Waals surface area contributed by atoms with Crippen molar-refractivity contribution >= 4 is 46.3 Å². The number of methoxy groups -OCH3 is 1. The number of benzodiazepines with no additional fused rings is 1. The van der Waals surface area contributed by atoms with Crippen molar-refractivity contribution in [2.75, 3.05) is 24.4 Å². The number of benzene rings is 3. The zero-order valence-corrected chi connectivity index (χ0v) is 18.9. The summed E-state index contributed by atoms with van der Waals surface area (Å²) in [6.45, 7) is 0. The maximum Gasteiger partial charge on any atom is 0.337 e. The van der Waals surface area contributed by atoms with Crippen LogP contribution in [0.15, 0.2) is 83.9 Å². The lowest BCUT2D eigenvalue weighted by atomic mass is 10.0. The van der Waals surface area contributed by atoms with E-state index in [1.54, 1.807) is 36.2 Å². The number of anilines is 2. The van der Waals surface area contributed by atoms with Crippen LogP contribution in [0.25, 0.3) is 0 Å². The van der Waals surface area contributed by atoms with E-state index in [2.05, 4.69) is 10.6 Å². The second-order valence-electron chi connectivity index (χ2n) is 7.33. The highest BCUT2D eigenvalue weighted by Gasteiger charge is 2.30. The minimum Gasteiger partial charge on any atom is -0.465 e. The number of likely N-dealkylation sites (N-methyl/N-ethyl adjacent to an activating group) is 1. The third-order valence-electron chi connectivity index (χ3n) is 5.20. The number of para-hydroxylation sites is 1. The monoisotopic (exact) mass is 458 g/mol. The van der Waals surface area contributed by atoms with Crippen LogP contribution in [0.1, 0.15) is 21.5 Å². The first kappa shape index (κ1) is 22.2. The number of hydrogen-bond acceptors (Lipinski definition) is 5. The number of amides is 1. The molecular weight excluding hydrogens is 436 g/mol. The number of carbonyl (C=O) groups is 2. The summed E-state index contributed by atoms with van der Waals surface area (Å²) in [5.41, 5.74) is 4.17. The Bertz CT molecular complexity index is 1240. The van der Waals surface area contributed by atoms with Gasteiger partial charge in [0.05, 0.1) is 24.1 Å². The molecule has 0 bridgehead atoms. The molecule has 0 radical (unpaired) electrons. The van der Waals surface area contributed by atoms with Crippen LogP contribution in [-0.4, -0.2) is 43.0 Å². The molecule has 8 heteroatoms. The molecule has 3 aromatic carbocycles.